The van der Waals surface area contributed by atoms with Gasteiger partial charge in [0.2, 0.25) is 5.95 Å². The molecule has 0 unspecified atom stereocenters. The number of rotatable bonds is 7. The molecule has 12 rings (SSSR count). The summed E-state index contributed by atoms with van der Waals surface area (Å²) in [5.41, 5.74) is 14.2. The molecule has 5 nitrogen and oxygen atoms in total. The minimum absolute atomic E-state index is 0.559. The van der Waals surface area contributed by atoms with Crippen molar-refractivity contribution >= 4 is 43.6 Å². The molecule has 0 N–H and O–H groups in total. The summed E-state index contributed by atoms with van der Waals surface area (Å²) >= 11 is 0. The van der Waals surface area contributed by atoms with Gasteiger partial charge < -0.3 is 4.57 Å². The first-order valence-corrected chi connectivity index (χ1v) is 20.9. The Morgan fingerprint density at radius 1 is 0.258 bits per heavy atom. The summed E-state index contributed by atoms with van der Waals surface area (Å²) < 4.78 is 4.68. The lowest BCUT2D eigenvalue weighted by molar-refractivity contribution is 0.953. The smallest absolute Gasteiger partial charge is 0.238 e. The fraction of sp³-hybridized carbons (Fsp3) is 0. The van der Waals surface area contributed by atoms with Crippen LogP contribution in [-0.4, -0.2) is 24.1 Å². The Bertz CT molecular complexity index is 3590. The van der Waals surface area contributed by atoms with Gasteiger partial charge in [0.05, 0.1) is 22.1 Å². The Labute approximate surface area is 358 Å². The number of nitrogens with zero attached hydrogens (tertiary/aromatic N) is 5. The van der Waals surface area contributed by atoms with E-state index in [9.17, 15) is 0 Å². The molecule has 290 valence electrons. The van der Waals surface area contributed by atoms with Crippen LogP contribution in [0, 0.1) is 0 Å². The summed E-state index contributed by atoms with van der Waals surface area (Å²) in [4.78, 5) is 15.8. The lowest BCUT2D eigenvalue weighted by Crippen LogP contribution is -2.07. The first-order chi connectivity index (χ1) is 30.7. The molecular weight excluding hydrogens is 755 g/mol. The summed E-state index contributed by atoms with van der Waals surface area (Å²) in [6.07, 6.45) is 0. The Balaban J connectivity index is 1.10. The third kappa shape index (κ3) is 5.98. The first kappa shape index (κ1) is 35.5. The van der Waals surface area contributed by atoms with E-state index in [1.807, 2.05) is 24.3 Å². The number of hydrogen-bond acceptors (Lipinski definition) is 3. The van der Waals surface area contributed by atoms with Crippen LogP contribution in [0.4, 0.5) is 0 Å². The highest BCUT2D eigenvalue weighted by atomic mass is 15.2. The van der Waals surface area contributed by atoms with Gasteiger partial charge in [0, 0.05) is 38.4 Å². The Morgan fingerprint density at radius 2 is 0.645 bits per heavy atom. The Hall–Kier alpha value is -8.41. The van der Waals surface area contributed by atoms with Gasteiger partial charge in [-0.2, -0.15) is 9.97 Å². The van der Waals surface area contributed by atoms with Crippen molar-refractivity contribution in [1.29, 1.82) is 0 Å². The van der Waals surface area contributed by atoms with Crippen molar-refractivity contribution < 1.29 is 0 Å². The van der Waals surface area contributed by atoms with Crippen LogP contribution in [0.1, 0.15) is 0 Å². The van der Waals surface area contributed by atoms with Gasteiger partial charge in [0.1, 0.15) is 0 Å². The predicted molar refractivity (Wildman–Crippen MR) is 256 cm³/mol. The van der Waals surface area contributed by atoms with Gasteiger partial charge in [-0.05, 0) is 57.6 Å². The molecule has 0 saturated heterocycles. The van der Waals surface area contributed by atoms with Crippen molar-refractivity contribution in [2.75, 3.05) is 0 Å². The number of benzene rings is 9. The van der Waals surface area contributed by atoms with Gasteiger partial charge in [-0.25, -0.2) is 4.98 Å². The standard InChI is InChI=1S/C57H37N5/c1-4-15-38(16-5-1)40-27-29-42(30-28-40)45-21-14-22-46(37-45)61-51-25-12-10-23-47(51)49-35-36-50-48-24-11-13-26-52(48)62(54(50)53(49)61)57-59-55(43-19-8-3-9-20-43)58-56(60-57)44-33-31-41(32-34-44)39-17-6-2-7-18-39/h1-37H. The van der Waals surface area contributed by atoms with E-state index in [2.05, 4.69) is 209 Å². The molecule has 0 fully saturated rings. The average Bonchev–Trinajstić information content (AvgIpc) is 3.88. The van der Waals surface area contributed by atoms with Gasteiger partial charge in [0.15, 0.2) is 11.6 Å². The Kier molecular flexibility index (Phi) is 8.42. The molecule has 0 spiro atoms. The van der Waals surface area contributed by atoms with Crippen LogP contribution in [-0.2, 0) is 0 Å². The van der Waals surface area contributed by atoms with Crippen LogP contribution in [0.25, 0.3) is 111 Å². The molecule has 12 aromatic rings. The van der Waals surface area contributed by atoms with Gasteiger partial charge >= 0.3 is 0 Å². The normalized spacial score (nSPS) is 11.5. The van der Waals surface area contributed by atoms with Crippen LogP contribution in [0.3, 0.4) is 0 Å². The summed E-state index contributed by atoms with van der Waals surface area (Å²) in [5.74, 6) is 1.78. The zero-order valence-electron chi connectivity index (χ0n) is 33.6. The van der Waals surface area contributed by atoms with E-state index in [4.69, 9.17) is 15.0 Å². The highest BCUT2D eigenvalue weighted by Crippen LogP contribution is 2.42. The molecule has 0 bridgehead atoms. The van der Waals surface area contributed by atoms with E-state index in [1.165, 1.54) is 16.5 Å². The SMILES string of the molecule is c1ccc(-c2ccc(-c3cccc(-n4c5ccccc5c5ccc6c7ccccc7n(-c7nc(-c8ccccc8)nc(-c8ccc(-c9ccccc9)cc8)n7)c6c54)c3)cc2)cc1. The molecule has 5 heteroatoms. The summed E-state index contributed by atoms with van der Waals surface area (Å²) in [6, 6.07) is 79.3. The fourth-order valence-electron chi connectivity index (χ4n) is 9.04. The average molecular weight is 792 g/mol. The second-order valence-corrected chi connectivity index (χ2v) is 15.6. The molecule has 0 aliphatic rings. The van der Waals surface area contributed by atoms with E-state index in [1.54, 1.807) is 0 Å². The van der Waals surface area contributed by atoms with Crippen molar-refractivity contribution in [2.45, 2.75) is 0 Å². The molecular formula is C57H37N5. The lowest BCUT2D eigenvalue weighted by atomic mass is 10.00. The zero-order chi connectivity index (χ0) is 41.0. The van der Waals surface area contributed by atoms with E-state index >= 15 is 0 Å². The van der Waals surface area contributed by atoms with Crippen molar-refractivity contribution in [2.24, 2.45) is 0 Å². The molecule has 0 aliphatic carbocycles. The van der Waals surface area contributed by atoms with E-state index in [-0.39, 0.29) is 0 Å². The fourth-order valence-corrected chi connectivity index (χ4v) is 9.04. The molecule has 0 amide bonds. The number of hydrogen-bond donors (Lipinski definition) is 0. The summed E-state index contributed by atoms with van der Waals surface area (Å²) in [6.45, 7) is 0. The van der Waals surface area contributed by atoms with E-state index in [0.29, 0.717) is 17.6 Å². The van der Waals surface area contributed by atoms with Gasteiger partial charge in [0.25, 0.3) is 0 Å². The molecule has 0 radical (unpaired) electrons. The quantitative estimate of drug-likeness (QED) is 0.162. The molecule has 9 aromatic carbocycles. The van der Waals surface area contributed by atoms with Gasteiger partial charge in [-0.1, -0.05) is 200 Å². The number of fused-ring (bicyclic) bond motifs is 7. The van der Waals surface area contributed by atoms with E-state index in [0.717, 1.165) is 77.3 Å². The maximum atomic E-state index is 5.35. The lowest BCUT2D eigenvalue weighted by Gasteiger charge is -2.14. The molecule has 0 saturated carbocycles. The first-order valence-electron chi connectivity index (χ1n) is 20.9. The third-order valence-corrected chi connectivity index (χ3v) is 12.0. The largest absolute Gasteiger partial charge is 0.307 e. The second-order valence-electron chi connectivity index (χ2n) is 15.6. The molecule has 0 atom stereocenters. The highest BCUT2D eigenvalue weighted by Gasteiger charge is 2.23. The minimum Gasteiger partial charge on any atom is -0.307 e. The second kappa shape index (κ2) is 14.7. The van der Waals surface area contributed by atoms with Gasteiger partial charge in [-0.15, -0.1) is 0 Å². The number of aromatic nitrogens is 5. The minimum atomic E-state index is 0.559. The Morgan fingerprint density at radius 3 is 1.19 bits per heavy atom. The monoisotopic (exact) mass is 791 g/mol. The highest BCUT2D eigenvalue weighted by molar-refractivity contribution is 6.23. The predicted octanol–water partition coefficient (Wildman–Crippen LogP) is 14.4. The molecule has 3 aromatic heterocycles. The topological polar surface area (TPSA) is 48.5 Å². The van der Waals surface area contributed by atoms with Crippen LogP contribution >= 0.6 is 0 Å². The van der Waals surface area contributed by atoms with Gasteiger partial charge in [-0.3, -0.25) is 4.57 Å². The van der Waals surface area contributed by atoms with Crippen molar-refractivity contribution in [3.8, 4) is 67.8 Å². The van der Waals surface area contributed by atoms with Crippen LogP contribution < -0.4 is 0 Å². The maximum Gasteiger partial charge on any atom is 0.238 e. The summed E-state index contributed by atoms with van der Waals surface area (Å²) in [7, 11) is 0. The van der Waals surface area contributed by atoms with Crippen molar-refractivity contribution in [3.05, 3.63) is 224 Å². The molecule has 62 heavy (non-hydrogen) atoms. The molecule has 0 aliphatic heterocycles. The summed E-state index contributed by atoms with van der Waals surface area (Å²) in [5, 5.41) is 4.59. The van der Waals surface area contributed by atoms with Crippen molar-refractivity contribution in [3.63, 3.8) is 0 Å². The van der Waals surface area contributed by atoms with Crippen LogP contribution in [0.2, 0.25) is 0 Å². The third-order valence-electron chi connectivity index (χ3n) is 12.0. The number of para-hydroxylation sites is 2. The van der Waals surface area contributed by atoms with Crippen LogP contribution in [0.15, 0.2) is 224 Å². The van der Waals surface area contributed by atoms with Crippen LogP contribution in [0.5, 0.6) is 0 Å². The maximum absolute atomic E-state index is 5.35. The molecule has 3 heterocycles. The van der Waals surface area contributed by atoms with E-state index < -0.39 is 0 Å². The zero-order valence-corrected chi connectivity index (χ0v) is 33.6. The van der Waals surface area contributed by atoms with Crippen molar-refractivity contribution in [1.82, 2.24) is 24.1 Å².